The molecule has 96 valence electrons. The number of carbonyl (C=O) groups excluding carboxylic acids is 1. The Bertz CT molecular complexity index is 440. The number of hydrogen-bond acceptors (Lipinski definition) is 3. The minimum atomic E-state index is -0.574. The van der Waals surface area contributed by atoms with Crippen LogP contribution in [-0.2, 0) is 17.9 Å². The van der Waals surface area contributed by atoms with Gasteiger partial charge in [0.1, 0.15) is 16.9 Å². The molecule has 0 N–H and O–H groups in total. The Morgan fingerprint density at radius 3 is 2.06 bits per heavy atom. The van der Waals surface area contributed by atoms with E-state index in [0.717, 1.165) is 0 Å². The van der Waals surface area contributed by atoms with Crippen molar-refractivity contribution in [1.82, 2.24) is 4.90 Å². The summed E-state index contributed by atoms with van der Waals surface area (Å²) in [6, 6.07) is 7.21. The van der Waals surface area contributed by atoms with E-state index < -0.39 is 5.38 Å². The van der Waals surface area contributed by atoms with Crippen molar-refractivity contribution in [1.29, 1.82) is 0 Å². The van der Waals surface area contributed by atoms with Crippen molar-refractivity contribution in [2.75, 3.05) is 0 Å². The Hall–Kier alpha value is -1.68. The first-order chi connectivity index (χ1) is 8.66. The van der Waals surface area contributed by atoms with Gasteiger partial charge in [-0.25, -0.2) is 0 Å². The lowest BCUT2D eigenvalue weighted by atomic mass is 10.3. The first-order valence-electron chi connectivity index (χ1n) is 5.64. The molecule has 18 heavy (non-hydrogen) atoms. The van der Waals surface area contributed by atoms with Crippen LogP contribution in [0.4, 0.5) is 0 Å². The van der Waals surface area contributed by atoms with E-state index in [4.69, 9.17) is 20.4 Å². The Morgan fingerprint density at radius 1 is 1.22 bits per heavy atom. The summed E-state index contributed by atoms with van der Waals surface area (Å²) in [6.45, 7) is 2.41. The highest BCUT2D eigenvalue weighted by Crippen LogP contribution is 2.14. The van der Waals surface area contributed by atoms with E-state index in [0.29, 0.717) is 24.6 Å². The fourth-order valence-corrected chi connectivity index (χ4v) is 1.78. The minimum Gasteiger partial charge on any atom is -0.467 e. The lowest BCUT2D eigenvalue weighted by Gasteiger charge is -2.21. The minimum absolute atomic E-state index is 0.149. The Labute approximate surface area is 110 Å². The van der Waals surface area contributed by atoms with Crippen LogP contribution in [0.5, 0.6) is 0 Å². The molecule has 5 heteroatoms. The van der Waals surface area contributed by atoms with Gasteiger partial charge in [-0.2, -0.15) is 0 Å². The Balaban J connectivity index is 2.09. The summed E-state index contributed by atoms with van der Waals surface area (Å²) < 4.78 is 10.5. The fourth-order valence-electron chi connectivity index (χ4n) is 1.64. The molecular weight excluding hydrogens is 254 g/mol. The summed E-state index contributed by atoms with van der Waals surface area (Å²) in [5.74, 6) is 1.28. The van der Waals surface area contributed by atoms with E-state index in [1.807, 2.05) is 12.1 Å². The summed E-state index contributed by atoms with van der Waals surface area (Å²) in [6.07, 6.45) is 3.16. The maximum Gasteiger partial charge on any atom is 0.241 e. The zero-order chi connectivity index (χ0) is 13.0. The number of hydrogen-bond donors (Lipinski definition) is 0. The highest BCUT2D eigenvalue weighted by atomic mass is 35.5. The molecule has 0 radical (unpaired) electrons. The van der Waals surface area contributed by atoms with E-state index >= 15 is 0 Å². The van der Waals surface area contributed by atoms with Gasteiger partial charge in [0.05, 0.1) is 25.6 Å². The third kappa shape index (κ3) is 3.17. The normalized spacial score (nSPS) is 12.3. The number of amides is 1. The van der Waals surface area contributed by atoms with Crippen LogP contribution >= 0.6 is 11.6 Å². The smallest absolute Gasteiger partial charge is 0.241 e. The molecule has 0 saturated carbocycles. The van der Waals surface area contributed by atoms with Crippen LogP contribution in [0.3, 0.4) is 0 Å². The SMILES string of the molecule is CC(Cl)C(=O)N(Cc1ccco1)Cc1ccco1. The number of rotatable bonds is 5. The van der Waals surface area contributed by atoms with Crippen molar-refractivity contribution in [2.24, 2.45) is 0 Å². The maximum atomic E-state index is 12.0. The van der Waals surface area contributed by atoms with Crippen LogP contribution in [0.2, 0.25) is 0 Å². The van der Waals surface area contributed by atoms with Crippen molar-refractivity contribution >= 4 is 17.5 Å². The van der Waals surface area contributed by atoms with Gasteiger partial charge in [0.25, 0.3) is 0 Å². The van der Waals surface area contributed by atoms with Gasteiger partial charge in [0, 0.05) is 0 Å². The largest absolute Gasteiger partial charge is 0.467 e. The third-order valence-corrected chi connectivity index (χ3v) is 2.69. The van der Waals surface area contributed by atoms with Gasteiger partial charge in [0.2, 0.25) is 5.91 Å². The third-order valence-electron chi connectivity index (χ3n) is 2.51. The summed E-state index contributed by atoms with van der Waals surface area (Å²) in [4.78, 5) is 13.6. The van der Waals surface area contributed by atoms with Crippen molar-refractivity contribution in [2.45, 2.75) is 25.4 Å². The summed E-state index contributed by atoms with van der Waals surface area (Å²) in [5.41, 5.74) is 0. The van der Waals surface area contributed by atoms with Gasteiger partial charge in [-0.15, -0.1) is 11.6 Å². The molecule has 0 saturated heterocycles. The van der Waals surface area contributed by atoms with Crippen LogP contribution in [0.1, 0.15) is 18.4 Å². The van der Waals surface area contributed by atoms with Gasteiger partial charge >= 0.3 is 0 Å². The molecule has 0 fully saturated rings. The summed E-state index contributed by atoms with van der Waals surface area (Å²) in [7, 11) is 0. The molecule has 0 aliphatic heterocycles. The first kappa shape index (κ1) is 12.8. The monoisotopic (exact) mass is 267 g/mol. The molecule has 0 bridgehead atoms. The quantitative estimate of drug-likeness (QED) is 0.783. The highest BCUT2D eigenvalue weighted by Gasteiger charge is 2.20. The number of halogens is 1. The van der Waals surface area contributed by atoms with Gasteiger partial charge in [-0.3, -0.25) is 4.79 Å². The number of carbonyl (C=O) groups is 1. The summed E-state index contributed by atoms with van der Waals surface area (Å²) in [5, 5.41) is -0.574. The van der Waals surface area contributed by atoms with Crippen LogP contribution in [0.25, 0.3) is 0 Å². The number of furan rings is 2. The van der Waals surface area contributed by atoms with Crippen molar-refractivity contribution in [3.05, 3.63) is 48.3 Å². The second kappa shape index (κ2) is 5.78. The topological polar surface area (TPSA) is 46.6 Å². The zero-order valence-electron chi connectivity index (χ0n) is 10.0. The van der Waals surface area contributed by atoms with Crippen LogP contribution in [0.15, 0.2) is 45.6 Å². The molecule has 1 amide bonds. The molecule has 4 nitrogen and oxygen atoms in total. The molecular formula is C13H14ClNO3. The van der Waals surface area contributed by atoms with Crippen LogP contribution in [-0.4, -0.2) is 16.2 Å². The standard InChI is InChI=1S/C13H14ClNO3/c1-10(14)13(16)15(8-11-4-2-6-17-11)9-12-5-3-7-18-12/h2-7,10H,8-9H2,1H3. The van der Waals surface area contributed by atoms with E-state index in [-0.39, 0.29) is 5.91 Å². The van der Waals surface area contributed by atoms with Crippen molar-refractivity contribution in [3.8, 4) is 0 Å². The lowest BCUT2D eigenvalue weighted by Crippen LogP contribution is -2.34. The van der Waals surface area contributed by atoms with Crippen molar-refractivity contribution in [3.63, 3.8) is 0 Å². The van der Waals surface area contributed by atoms with E-state index in [1.54, 1.807) is 36.5 Å². The fraction of sp³-hybridized carbons (Fsp3) is 0.308. The molecule has 0 spiro atoms. The average Bonchev–Trinajstić information content (AvgIpc) is 2.99. The molecule has 2 aromatic heterocycles. The number of nitrogens with zero attached hydrogens (tertiary/aromatic N) is 1. The molecule has 0 aromatic carbocycles. The van der Waals surface area contributed by atoms with E-state index in [9.17, 15) is 4.79 Å². The second-order valence-corrected chi connectivity index (χ2v) is 4.62. The van der Waals surface area contributed by atoms with Gasteiger partial charge in [-0.1, -0.05) is 0 Å². The second-order valence-electron chi connectivity index (χ2n) is 3.97. The average molecular weight is 268 g/mol. The predicted octanol–water partition coefficient (Wildman–Crippen LogP) is 3.03. The van der Waals surface area contributed by atoms with E-state index in [2.05, 4.69) is 0 Å². The van der Waals surface area contributed by atoms with Crippen LogP contribution in [0, 0.1) is 0 Å². The van der Waals surface area contributed by atoms with Gasteiger partial charge in [-0.05, 0) is 31.2 Å². The summed E-state index contributed by atoms with van der Waals surface area (Å²) >= 11 is 5.85. The highest BCUT2D eigenvalue weighted by molar-refractivity contribution is 6.30. The molecule has 2 rings (SSSR count). The van der Waals surface area contributed by atoms with Crippen LogP contribution < -0.4 is 0 Å². The predicted molar refractivity (Wildman–Crippen MR) is 67.0 cm³/mol. The molecule has 1 unspecified atom stereocenters. The first-order valence-corrected chi connectivity index (χ1v) is 6.08. The zero-order valence-corrected chi connectivity index (χ0v) is 10.8. The maximum absolute atomic E-state index is 12.0. The molecule has 2 aromatic rings. The van der Waals surface area contributed by atoms with Gasteiger partial charge in [0.15, 0.2) is 0 Å². The molecule has 2 heterocycles. The molecule has 0 aliphatic carbocycles. The van der Waals surface area contributed by atoms with E-state index in [1.165, 1.54) is 0 Å². The Kier molecular flexibility index (Phi) is 4.10. The number of alkyl halides is 1. The Morgan fingerprint density at radius 2 is 1.72 bits per heavy atom. The van der Waals surface area contributed by atoms with Gasteiger partial charge < -0.3 is 13.7 Å². The lowest BCUT2D eigenvalue weighted by molar-refractivity contribution is -0.132. The molecule has 1 atom stereocenters. The van der Waals surface area contributed by atoms with Crippen molar-refractivity contribution < 1.29 is 13.6 Å². The molecule has 0 aliphatic rings.